The largest absolute Gasteiger partial charge is 0.483 e. The summed E-state index contributed by atoms with van der Waals surface area (Å²) < 4.78 is 14.2. The van der Waals surface area contributed by atoms with E-state index in [0.717, 1.165) is 6.04 Å². The minimum absolute atomic E-state index is 0.187. The van der Waals surface area contributed by atoms with Gasteiger partial charge in [0.2, 0.25) is 0 Å². The van der Waals surface area contributed by atoms with Gasteiger partial charge in [-0.15, -0.1) is 0 Å². The normalized spacial score (nSPS) is 17.6. The molecule has 1 aliphatic carbocycles. The second-order valence-corrected chi connectivity index (χ2v) is 5.22. The maximum Gasteiger partial charge on any atom is 0.483 e. The van der Waals surface area contributed by atoms with Gasteiger partial charge in [-0.2, -0.15) is 0 Å². The highest BCUT2D eigenvalue weighted by atomic mass is 28.3. The van der Waals surface area contributed by atoms with Crippen molar-refractivity contribution in [2.24, 2.45) is 5.73 Å². The molecule has 0 radical (unpaired) electrons. The second kappa shape index (κ2) is 8.34. The molecule has 0 saturated heterocycles. The van der Waals surface area contributed by atoms with E-state index in [4.69, 9.17) is 19.0 Å². The van der Waals surface area contributed by atoms with Crippen LogP contribution in [0.15, 0.2) is 0 Å². The molecular formula is C8H22N2O3Si. The fraction of sp³-hybridized carbons (Fsp3) is 1.00. The van der Waals surface area contributed by atoms with Crippen molar-refractivity contribution in [3.63, 3.8) is 0 Å². The molecule has 1 unspecified atom stereocenters. The van der Waals surface area contributed by atoms with Crippen molar-refractivity contribution in [3.05, 3.63) is 0 Å². The van der Waals surface area contributed by atoms with Gasteiger partial charge in [0.05, 0.1) is 6.17 Å². The van der Waals surface area contributed by atoms with E-state index < -0.39 is 9.53 Å². The van der Waals surface area contributed by atoms with Crippen molar-refractivity contribution < 1.29 is 13.3 Å². The summed E-state index contributed by atoms with van der Waals surface area (Å²) in [6.07, 6.45) is 2.83. The summed E-state index contributed by atoms with van der Waals surface area (Å²) in [5.74, 6) is 0. The van der Waals surface area contributed by atoms with E-state index in [1.165, 1.54) is 12.8 Å². The highest BCUT2D eigenvalue weighted by Crippen LogP contribution is 2.18. The quantitative estimate of drug-likeness (QED) is 0.493. The first-order chi connectivity index (χ1) is 6.63. The Balaban J connectivity index is 0.000000241. The van der Waals surface area contributed by atoms with Crippen LogP contribution in [0, 0.1) is 0 Å². The van der Waals surface area contributed by atoms with Gasteiger partial charge in [-0.25, -0.2) is 0 Å². The predicted molar refractivity (Wildman–Crippen MR) is 58.0 cm³/mol. The third-order valence-electron chi connectivity index (χ3n) is 1.65. The van der Waals surface area contributed by atoms with Gasteiger partial charge in [-0.1, -0.05) is 0 Å². The molecule has 0 aromatic rings. The third kappa shape index (κ3) is 8.61. The first kappa shape index (κ1) is 14.0. The van der Waals surface area contributed by atoms with Gasteiger partial charge < -0.3 is 19.0 Å². The van der Waals surface area contributed by atoms with Gasteiger partial charge in [0.15, 0.2) is 0 Å². The molecule has 0 aliphatic heterocycles. The molecule has 3 N–H and O–H groups in total. The van der Waals surface area contributed by atoms with Gasteiger partial charge in [0.1, 0.15) is 0 Å². The lowest BCUT2D eigenvalue weighted by atomic mass is 10.5. The Labute approximate surface area is 87.9 Å². The summed E-state index contributed by atoms with van der Waals surface area (Å²) in [5.41, 5.74) is 5.42. The van der Waals surface area contributed by atoms with Crippen LogP contribution in [0.5, 0.6) is 0 Å². The van der Waals surface area contributed by atoms with Crippen LogP contribution in [0.3, 0.4) is 0 Å². The maximum atomic E-state index is 5.42. The number of hydrogen-bond donors (Lipinski definition) is 2. The lowest BCUT2D eigenvalue weighted by Crippen LogP contribution is -2.35. The Morgan fingerprint density at radius 3 is 1.71 bits per heavy atom. The van der Waals surface area contributed by atoms with E-state index in [9.17, 15) is 0 Å². The average molecular weight is 222 g/mol. The van der Waals surface area contributed by atoms with E-state index in [-0.39, 0.29) is 6.17 Å². The van der Waals surface area contributed by atoms with E-state index in [1.807, 2.05) is 6.92 Å². The monoisotopic (exact) mass is 222 g/mol. The second-order valence-electron chi connectivity index (χ2n) is 3.23. The number of hydrogen-bond acceptors (Lipinski definition) is 5. The summed E-state index contributed by atoms with van der Waals surface area (Å²) >= 11 is 0. The van der Waals surface area contributed by atoms with Crippen molar-refractivity contribution in [2.45, 2.75) is 32.0 Å². The van der Waals surface area contributed by atoms with E-state index in [2.05, 4.69) is 5.32 Å². The predicted octanol–water partition coefficient (Wildman–Crippen LogP) is -0.314. The zero-order valence-corrected chi connectivity index (χ0v) is 10.6. The van der Waals surface area contributed by atoms with Crippen LogP contribution in [0.1, 0.15) is 19.8 Å². The molecular weight excluding hydrogens is 200 g/mol. The van der Waals surface area contributed by atoms with Gasteiger partial charge in [0, 0.05) is 27.4 Å². The smallest absolute Gasteiger partial charge is 0.379 e. The minimum atomic E-state index is -1.67. The minimum Gasteiger partial charge on any atom is -0.379 e. The van der Waals surface area contributed by atoms with Crippen molar-refractivity contribution in [1.29, 1.82) is 0 Å². The molecule has 6 heteroatoms. The number of nitrogens with two attached hydrogens (primary N) is 1. The highest BCUT2D eigenvalue weighted by molar-refractivity contribution is 6.36. The van der Waals surface area contributed by atoms with Crippen LogP contribution in [0.4, 0.5) is 0 Å². The molecule has 1 fully saturated rings. The first-order valence-corrected chi connectivity index (χ1v) is 6.15. The molecule has 5 nitrogen and oxygen atoms in total. The molecule has 14 heavy (non-hydrogen) atoms. The van der Waals surface area contributed by atoms with Crippen LogP contribution in [0.2, 0.25) is 0 Å². The molecule has 0 heterocycles. The Kier molecular flexibility index (Phi) is 8.35. The summed E-state index contributed by atoms with van der Waals surface area (Å²) in [6.45, 7) is 1.97. The molecule has 0 bridgehead atoms. The van der Waals surface area contributed by atoms with Crippen molar-refractivity contribution in [3.8, 4) is 0 Å². The SMILES string of the molecule is CC(N)NC1CC1.CO[SiH](OC)OC. The molecule has 1 rings (SSSR count). The van der Waals surface area contributed by atoms with Gasteiger partial charge in [-0.05, 0) is 19.8 Å². The molecule has 1 aliphatic rings. The summed E-state index contributed by atoms with van der Waals surface area (Å²) in [6, 6.07) is 0.750. The highest BCUT2D eigenvalue weighted by Gasteiger charge is 2.20. The van der Waals surface area contributed by atoms with Crippen LogP contribution in [-0.4, -0.2) is 43.1 Å². The average Bonchev–Trinajstić information content (AvgIpc) is 2.91. The topological polar surface area (TPSA) is 65.7 Å². The zero-order valence-electron chi connectivity index (χ0n) is 9.45. The van der Waals surface area contributed by atoms with E-state index in [1.54, 1.807) is 21.3 Å². The Bertz CT molecular complexity index is 124. The Hall–Kier alpha value is 0.0169. The molecule has 1 saturated carbocycles. The van der Waals surface area contributed by atoms with Gasteiger partial charge in [-0.3, -0.25) is 5.32 Å². The maximum absolute atomic E-state index is 5.42. The third-order valence-corrected chi connectivity index (χ3v) is 2.81. The first-order valence-electron chi connectivity index (χ1n) is 4.74. The van der Waals surface area contributed by atoms with Crippen molar-refractivity contribution in [2.75, 3.05) is 21.3 Å². The van der Waals surface area contributed by atoms with Crippen molar-refractivity contribution in [1.82, 2.24) is 5.32 Å². The van der Waals surface area contributed by atoms with Gasteiger partial charge in [0.25, 0.3) is 0 Å². The lowest BCUT2D eigenvalue weighted by molar-refractivity contribution is 0.163. The van der Waals surface area contributed by atoms with Crippen LogP contribution in [0.25, 0.3) is 0 Å². The summed E-state index contributed by atoms with van der Waals surface area (Å²) in [4.78, 5) is 0. The van der Waals surface area contributed by atoms with E-state index in [0.29, 0.717) is 0 Å². The van der Waals surface area contributed by atoms with Crippen molar-refractivity contribution >= 4 is 9.53 Å². The molecule has 0 aromatic carbocycles. The zero-order chi connectivity index (χ0) is 11.0. The standard InChI is InChI=1S/C5H12N2.C3H10O3Si/c1-4(6)7-5-2-3-5;1-4-7(5-2)6-3/h4-5,7H,2-3,6H2,1H3;7H,1-3H3. The Morgan fingerprint density at radius 2 is 1.64 bits per heavy atom. The van der Waals surface area contributed by atoms with Crippen LogP contribution < -0.4 is 11.1 Å². The van der Waals surface area contributed by atoms with Gasteiger partial charge >= 0.3 is 9.53 Å². The molecule has 1 atom stereocenters. The van der Waals surface area contributed by atoms with Crippen LogP contribution in [-0.2, 0) is 13.3 Å². The summed E-state index contributed by atoms with van der Waals surface area (Å²) in [7, 11) is 3.05. The fourth-order valence-electron chi connectivity index (χ4n) is 0.910. The van der Waals surface area contributed by atoms with E-state index >= 15 is 0 Å². The summed E-state index contributed by atoms with van der Waals surface area (Å²) in [5, 5.41) is 3.19. The fourth-order valence-corrected chi connectivity index (χ4v) is 1.49. The Morgan fingerprint density at radius 1 is 1.21 bits per heavy atom. The molecule has 0 aromatic heterocycles. The molecule has 0 spiro atoms. The molecule has 0 amide bonds. The number of nitrogens with one attached hydrogen (secondary N) is 1. The number of rotatable bonds is 5. The lowest BCUT2D eigenvalue weighted by Gasteiger charge is -2.05. The van der Waals surface area contributed by atoms with Crippen LogP contribution >= 0.6 is 0 Å². The molecule has 86 valence electrons.